The predicted octanol–water partition coefficient (Wildman–Crippen LogP) is 3.91. The van der Waals surface area contributed by atoms with Crippen molar-refractivity contribution in [3.05, 3.63) is 24.3 Å². The standard InChI is InChI=1S/C21H34INO7/c1-21(2,3)30-20(24)23-18-4-6-19(7-5-18)29-17-16-28-15-14-27-13-12-26-11-10-25-9-8-22/h4-7H,8-17H2,1-3H3,(H,23,24). The molecule has 0 fully saturated rings. The van der Waals surface area contributed by atoms with Crippen LogP contribution in [-0.4, -0.2) is 75.6 Å². The van der Waals surface area contributed by atoms with E-state index in [4.69, 9.17) is 28.4 Å². The van der Waals surface area contributed by atoms with Crippen LogP contribution in [0.4, 0.5) is 10.5 Å². The maximum atomic E-state index is 11.7. The number of amides is 1. The van der Waals surface area contributed by atoms with E-state index in [1.807, 2.05) is 20.8 Å². The van der Waals surface area contributed by atoms with Gasteiger partial charge in [0.05, 0.1) is 52.9 Å². The van der Waals surface area contributed by atoms with E-state index in [9.17, 15) is 4.79 Å². The van der Waals surface area contributed by atoms with Gasteiger partial charge in [0.2, 0.25) is 0 Å². The van der Waals surface area contributed by atoms with E-state index in [-0.39, 0.29) is 0 Å². The monoisotopic (exact) mass is 539 g/mol. The van der Waals surface area contributed by atoms with Crippen LogP contribution in [0.5, 0.6) is 5.75 Å². The SMILES string of the molecule is CC(C)(C)OC(=O)Nc1ccc(OCCOCCOCCOCCOCCI)cc1. The van der Waals surface area contributed by atoms with E-state index >= 15 is 0 Å². The summed E-state index contributed by atoms with van der Waals surface area (Å²) in [7, 11) is 0. The molecule has 1 aromatic rings. The number of alkyl halides is 1. The normalized spacial score (nSPS) is 11.3. The van der Waals surface area contributed by atoms with Crippen LogP contribution in [0, 0.1) is 0 Å². The van der Waals surface area contributed by atoms with Crippen molar-refractivity contribution in [2.45, 2.75) is 26.4 Å². The van der Waals surface area contributed by atoms with E-state index < -0.39 is 11.7 Å². The summed E-state index contributed by atoms with van der Waals surface area (Å²) >= 11 is 2.27. The van der Waals surface area contributed by atoms with Crippen molar-refractivity contribution in [3.8, 4) is 5.75 Å². The minimum Gasteiger partial charge on any atom is -0.491 e. The van der Waals surface area contributed by atoms with Gasteiger partial charge in [-0.15, -0.1) is 0 Å². The first-order valence-electron chi connectivity index (χ1n) is 10.0. The molecule has 0 aliphatic carbocycles. The third-order valence-corrected chi connectivity index (χ3v) is 3.77. The molecule has 0 aliphatic rings. The van der Waals surface area contributed by atoms with Crippen LogP contribution >= 0.6 is 22.6 Å². The Kier molecular flexibility index (Phi) is 14.8. The molecule has 0 heterocycles. The van der Waals surface area contributed by atoms with Crippen LogP contribution in [0.3, 0.4) is 0 Å². The summed E-state index contributed by atoms with van der Waals surface area (Å²) in [6.45, 7) is 10.4. The van der Waals surface area contributed by atoms with Gasteiger partial charge in [0.15, 0.2) is 0 Å². The van der Waals surface area contributed by atoms with Gasteiger partial charge in [-0.2, -0.15) is 0 Å². The zero-order valence-corrected chi connectivity index (χ0v) is 20.3. The number of hydrogen-bond acceptors (Lipinski definition) is 7. The molecule has 0 aromatic heterocycles. The summed E-state index contributed by atoms with van der Waals surface area (Å²) in [4.78, 5) is 11.7. The fourth-order valence-electron chi connectivity index (χ4n) is 2.09. The van der Waals surface area contributed by atoms with Crippen molar-refractivity contribution in [3.63, 3.8) is 0 Å². The lowest BCUT2D eigenvalue weighted by Crippen LogP contribution is -2.27. The number of carbonyl (C=O) groups excluding carboxylic acids is 1. The molecule has 0 atom stereocenters. The van der Waals surface area contributed by atoms with Crippen LogP contribution in [0.25, 0.3) is 0 Å². The lowest BCUT2D eigenvalue weighted by molar-refractivity contribution is -0.00308. The van der Waals surface area contributed by atoms with Crippen molar-refractivity contribution in [2.24, 2.45) is 0 Å². The van der Waals surface area contributed by atoms with Crippen molar-refractivity contribution >= 4 is 34.4 Å². The Labute approximate surface area is 193 Å². The van der Waals surface area contributed by atoms with E-state index in [1.54, 1.807) is 24.3 Å². The molecule has 0 aliphatic heterocycles. The molecule has 8 nitrogen and oxygen atoms in total. The number of rotatable bonds is 16. The van der Waals surface area contributed by atoms with Crippen molar-refractivity contribution in [1.29, 1.82) is 0 Å². The Morgan fingerprint density at radius 1 is 0.800 bits per heavy atom. The number of nitrogens with one attached hydrogen (secondary N) is 1. The summed E-state index contributed by atoms with van der Waals surface area (Å²) in [5, 5.41) is 2.67. The summed E-state index contributed by atoms with van der Waals surface area (Å²) in [5.41, 5.74) is 0.108. The molecule has 172 valence electrons. The minimum atomic E-state index is -0.533. The Morgan fingerprint density at radius 3 is 1.73 bits per heavy atom. The number of carbonyl (C=O) groups is 1. The third-order valence-electron chi connectivity index (χ3n) is 3.33. The van der Waals surface area contributed by atoms with Crippen molar-refractivity contribution < 1.29 is 33.2 Å². The quantitative estimate of drug-likeness (QED) is 0.194. The van der Waals surface area contributed by atoms with Gasteiger partial charge >= 0.3 is 6.09 Å². The fourth-order valence-corrected chi connectivity index (χ4v) is 2.40. The highest BCUT2D eigenvalue weighted by molar-refractivity contribution is 14.1. The van der Waals surface area contributed by atoms with Crippen LogP contribution in [0.2, 0.25) is 0 Å². The number of halogens is 1. The number of anilines is 1. The second kappa shape index (κ2) is 16.5. The van der Waals surface area contributed by atoms with E-state index in [2.05, 4.69) is 27.9 Å². The van der Waals surface area contributed by atoms with Gasteiger partial charge in [0, 0.05) is 10.1 Å². The Balaban J connectivity index is 1.97. The first-order chi connectivity index (χ1) is 14.4. The number of ether oxygens (including phenoxy) is 6. The molecule has 30 heavy (non-hydrogen) atoms. The second-order valence-corrected chi connectivity index (χ2v) is 8.22. The molecule has 0 saturated heterocycles. The van der Waals surface area contributed by atoms with Crippen molar-refractivity contribution in [1.82, 2.24) is 0 Å². The van der Waals surface area contributed by atoms with Gasteiger partial charge in [-0.25, -0.2) is 4.79 Å². The average Bonchev–Trinajstić information content (AvgIpc) is 2.68. The number of hydrogen-bond donors (Lipinski definition) is 1. The minimum absolute atomic E-state index is 0.430. The smallest absolute Gasteiger partial charge is 0.412 e. The zero-order valence-electron chi connectivity index (χ0n) is 18.1. The Hall–Kier alpha value is -1.14. The molecule has 1 amide bonds. The van der Waals surface area contributed by atoms with Gasteiger partial charge < -0.3 is 28.4 Å². The topological polar surface area (TPSA) is 84.5 Å². The molecule has 1 N–H and O–H groups in total. The van der Waals surface area contributed by atoms with E-state index in [0.717, 1.165) is 11.0 Å². The molecule has 0 unspecified atom stereocenters. The van der Waals surface area contributed by atoms with Crippen LogP contribution in [0.1, 0.15) is 20.8 Å². The summed E-state index contributed by atoms with van der Waals surface area (Å²) in [6, 6.07) is 7.07. The van der Waals surface area contributed by atoms with Gasteiger partial charge in [-0.05, 0) is 45.0 Å². The molecular weight excluding hydrogens is 505 g/mol. The predicted molar refractivity (Wildman–Crippen MR) is 124 cm³/mol. The molecule has 9 heteroatoms. The first kappa shape index (κ1) is 26.9. The molecule has 0 bridgehead atoms. The Bertz CT molecular complexity index is 563. The molecule has 0 radical (unpaired) electrons. The maximum Gasteiger partial charge on any atom is 0.412 e. The van der Waals surface area contributed by atoms with Gasteiger partial charge in [0.25, 0.3) is 0 Å². The van der Waals surface area contributed by atoms with Crippen LogP contribution in [0.15, 0.2) is 24.3 Å². The Morgan fingerprint density at radius 2 is 1.27 bits per heavy atom. The van der Waals surface area contributed by atoms with Gasteiger partial charge in [0.1, 0.15) is 18.0 Å². The summed E-state index contributed by atoms with van der Waals surface area (Å²) < 4.78 is 33.4. The van der Waals surface area contributed by atoms with Crippen molar-refractivity contribution in [2.75, 3.05) is 69.2 Å². The molecule has 1 aromatic carbocycles. The highest BCUT2D eigenvalue weighted by atomic mass is 127. The van der Waals surface area contributed by atoms with Gasteiger partial charge in [-0.1, -0.05) is 22.6 Å². The van der Waals surface area contributed by atoms with Crippen LogP contribution < -0.4 is 10.1 Å². The largest absolute Gasteiger partial charge is 0.491 e. The molecule has 1 rings (SSSR count). The zero-order chi connectivity index (χ0) is 22.1. The lowest BCUT2D eigenvalue weighted by atomic mass is 10.2. The maximum absolute atomic E-state index is 11.7. The summed E-state index contributed by atoms with van der Waals surface area (Å²) in [5.74, 6) is 0.698. The summed E-state index contributed by atoms with van der Waals surface area (Å²) in [6.07, 6.45) is -0.487. The molecular formula is C21H34INO7. The molecule has 0 spiro atoms. The van der Waals surface area contributed by atoms with E-state index in [0.29, 0.717) is 64.3 Å². The van der Waals surface area contributed by atoms with Gasteiger partial charge in [-0.3, -0.25) is 5.32 Å². The number of benzene rings is 1. The second-order valence-electron chi connectivity index (χ2n) is 7.14. The molecule has 0 saturated carbocycles. The lowest BCUT2D eigenvalue weighted by Gasteiger charge is -2.19. The fraction of sp³-hybridized carbons (Fsp3) is 0.667. The highest BCUT2D eigenvalue weighted by Crippen LogP contribution is 2.17. The highest BCUT2D eigenvalue weighted by Gasteiger charge is 2.16. The first-order valence-corrected chi connectivity index (χ1v) is 11.5. The van der Waals surface area contributed by atoms with E-state index in [1.165, 1.54) is 0 Å². The average molecular weight is 539 g/mol. The van der Waals surface area contributed by atoms with Crippen LogP contribution in [-0.2, 0) is 23.7 Å². The third kappa shape index (κ3) is 15.7.